The Balaban J connectivity index is 1.98. The molecule has 0 aliphatic heterocycles. The molecular weight excluding hydrogens is 396 g/mol. The number of ether oxygens (including phenoxy) is 2. The zero-order valence-corrected chi connectivity index (χ0v) is 16.9. The Bertz CT molecular complexity index is 1360. The maximum atomic E-state index is 13.2. The zero-order chi connectivity index (χ0) is 22.0. The van der Waals surface area contributed by atoms with Crippen molar-refractivity contribution in [2.75, 3.05) is 14.2 Å². The molecule has 156 valence electrons. The van der Waals surface area contributed by atoms with Crippen molar-refractivity contribution in [1.82, 2.24) is 4.57 Å². The molecule has 0 saturated carbocycles. The standard InChI is InChI=1S/C24H20N2O5/c1-30-21-12-11-15(13-22(21)31-2)26-23(28)17-8-4-3-7-16(17)18(24(26)29)14-25-19-9-5-6-10-20(19)27/h3-14,27,29H,1-2H3. The highest BCUT2D eigenvalue weighted by molar-refractivity contribution is 6.02. The Kier molecular flexibility index (Phi) is 5.32. The average molecular weight is 416 g/mol. The van der Waals surface area contributed by atoms with E-state index in [1.54, 1.807) is 60.7 Å². The molecule has 31 heavy (non-hydrogen) atoms. The van der Waals surface area contributed by atoms with Crippen LogP contribution in [0.2, 0.25) is 0 Å². The van der Waals surface area contributed by atoms with Crippen LogP contribution in [0.1, 0.15) is 5.56 Å². The number of benzene rings is 3. The van der Waals surface area contributed by atoms with Crippen molar-refractivity contribution in [2.45, 2.75) is 0 Å². The Labute approximate surface area is 178 Å². The second-order valence-corrected chi connectivity index (χ2v) is 6.71. The molecule has 3 aromatic carbocycles. The van der Waals surface area contributed by atoms with E-state index in [4.69, 9.17) is 9.47 Å². The molecule has 4 aromatic rings. The van der Waals surface area contributed by atoms with E-state index >= 15 is 0 Å². The van der Waals surface area contributed by atoms with E-state index in [9.17, 15) is 15.0 Å². The minimum atomic E-state index is -0.389. The monoisotopic (exact) mass is 416 g/mol. The van der Waals surface area contributed by atoms with E-state index in [-0.39, 0.29) is 17.2 Å². The van der Waals surface area contributed by atoms with Gasteiger partial charge in [-0.2, -0.15) is 0 Å². The summed E-state index contributed by atoms with van der Waals surface area (Å²) < 4.78 is 11.8. The summed E-state index contributed by atoms with van der Waals surface area (Å²) in [6.07, 6.45) is 1.43. The molecule has 0 saturated heterocycles. The number of fused-ring (bicyclic) bond motifs is 1. The Morgan fingerprint density at radius 3 is 2.26 bits per heavy atom. The molecule has 0 spiro atoms. The molecular formula is C24H20N2O5. The molecule has 2 N–H and O–H groups in total. The fourth-order valence-electron chi connectivity index (χ4n) is 3.40. The van der Waals surface area contributed by atoms with Crippen LogP contribution in [0.25, 0.3) is 16.5 Å². The lowest BCUT2D eigenvalue weighted by molar-refractivity contribution is 0.354. The van der Waals surface area contributed by atoms with Gasteiger partial charge in [0.05, 0.1) is 25.5 Å². The van der Waals surface area contributed by atoms with Crippen molar-refractivity contribution in [3.8, 4) is 28.8 Å². The van der Waals surface area contributed by atoms with Crippen LogP contribution in [0, 0.1) is 0 Å². The van der Waals surface area contributed by atoms with E-state index < -0.39 is 0 Å². The number of phenols is 1. The third-order valence-electron chi connectivity index (χ3n) is 4.94. The van der Waals surface area contributed by atoms with E-state index in [1.807, 2.05) is 0 Å². The van der Waals surface area contributed by atoms with Gasteiger partial charge in [-0.15, -0.1) is 0 Å². The first-order valence-corrected chi connectivity index (χ1v) is 9.46. The van der Waals surface area contributed by atoms with E-state index in [2.05, 4.69) is 4.99 Å². The van der Waals surface area contributed by atoms with Crippen LogP contribution >= 0.6 is 0 Å². The minimum Gasteiger partial charge on any atom is -0.506 e. The molecule has 0 aliphatic carbocycles. The van der Waals surface area contributed by atoms with Gasteiger partial charge in [0, 0.05) is 23.1 Å². The molecule has 1 aromatic heterocycles. The number of rotatable bonds is 5. The molecule has 0 unspecified atom stereocenters. The minimum absolute atomic E-state index is 0.00996. The normalized spacial score (nSPS) is 11.2. The largest absolute Gasteiger partial charge is 0.506 e. The molecule has 0 atom stereocenters. The molecule has 4 rings (SSSR count). The summed E-state index contributed by atoms with van der Waals surface area (Å²) in [5.74, 6) is 0.649. The Morgan fingerprint density at radius 2 is 1.55 bits per heavy atom. The first-order valence-electron chi connectivity index (χ1n) is 9.46. The molecule has 0 bridgehead atoms. The van der Waals surface area contributed by atoms with Gasteiger partial charge >= 0.3 is 0 Å². The zero-order valence-electron chi connectivity index (χ0n) is 16.9. The summed E-state index contributed by atoms with van der Waals surface area (Å²) in [5, 5.41) is 22.0. The molecule has 7 heteroatoms. The van der Waals surface area contributed by atoms with Crippen LogP contribution in [0.15, 0.2) is 76.5 Å². The van der Waals surface area contributed by atoms with Gasteiger partial charge < -0.3 is 19.7 Å². The fraction of sp³-hybridized carbons (Fsp3) is 0.0833. The molecule has 0 radical (unpaired) electrons. The summed E-state index contributed by atoms with van der Waals surface area (Å²) in [6.45, 7) is 0. The number of nitrogens with zero attached hydrogens (tertiary/aromatic N) is 2. The van der Waals surface area contributed by atoms with Crippen molar-refractivity contribution >= 4 is 22.7 Å². The maximum absolute atomic E-state index is 13.2. The summed E-state index contributed by atoms with van der Waals surface area (Å²) in [7, 11) is 3.01. The van der Waals surface area contributed by atoms with Gasteiger partial charge in [0.25, 0.3) is 5.56 Å². The predicted octanol–water partition coefficient (Wildman–Crippen LogP) is 4.17. The van der Waals surface area contributed by atoms with Crippen molar-refractivity contribution in [2.24, 2.45) is 4.99 Å². The van der Waals surface area contributed by atoms with E-state index in [0.717, 1.165) is 0 Å². The van der Waals surface area contributed by atoms with Crippen LogP contribution in [0.4, 0.5) is 5.69 Å². The van der Waals surface area contributed by atoms with Gasteiger partial charge in [0.15, 0.2) is 11.5 Å². The van der Waals surface area contributed by atoms with Crippen LogP contribution in [-0.4, -0.2) is 35.2 Å². The van der Waals surface area contributed by atoms with Crippen molar-refractivity contribution < 1.29 is 19.7 Å². The SMILES string of the molecule is COc1ccc(-n2c(O)c(C=Nc3ccccc3O)c3ccccc3c2=O)cc1OC. The Morgan fingerprint density at radius 1 is 0.871 bits per heavy atom. The van der Waals surface area contributed by atoms with Crippen molar-refractivity contribution in [3.63, 3.8) is 0 Å². The lowest BCUT2D eigenvalue weighted by Gasteiger charge is -2.15. The summed E-state index contributed by atoms with van der Waals surface area (Å²) in [5.41, 5.74) is 0.700. The summed E-state index contributed by atoms with van der Waals surface area (Å²) in [6, 6.07) is 18.5. The molecule has 1 heterocycles. The van der Waals surface area contributed by atoms with Gasteiger partial charge in [0.1, 0.15) is 11.4 Å². The number of phenolic OH excluding ortho intramolecular Hbond substituents is 1. The van der Waals surface area contributed by atoms with Gasteiger partial charge in [-0.3, -0.25) is 9.79 Å². The van der Waals surface area contributed by atoms with Crippen LogP contribution in [0.3, 0.4) is 0 Å². The lowest BCUT2D eigenvalue weighted by atomic mass is 10.1. The third kappa shape index (κ3) is 3.57. The van der Waals surface area contributed by atoms with Gasteiger partial charge in [0.2, 0.25) is 5.88 Å². The second kappa shape index (κ2) is 8.23. The quantitative estimate of drug-likeness (QED) is 0.476. The second-order valence-electron chi connectivity index (χ2n) is 6.71. The summed E-state index contributed by atoms with van der Waals surface area (Å²) >= 11 is 0. The number of methoxy groups -OCH3 is 2. The lowest BCUT2D eigenvalue weighted by Crippen LogP contribution is -2.20. The van der Waals surface area contributed by atoms with Crippen LogP contribution in [0.5, 0.6) is 23.1 Å². The van der Waals surface area contributed by atoms with Crippen LogP contribution in [-0.2, 0) is 0 Å². The van der Waals surface area contributed by atoms with Crippen molar-refractivity contribution in [3.05, 3.63) is 82.6 Å². The number of para-hydroxylation sites is 2. The molecule has 0 aliphatic rings. The topological polar surface area (TPSA) is 93.3 Å². The third-order valence-corrected chi connectivity index (χ3v) is 4.94. The number of hydrogen-bond donors (Lipinski definition) is 2. The van der Waals surface area contributed by atoms with Crippen molar-refractivity contribution in [1.29, 1.82) is 0 Å². The molecule has 7 nitrogen and oxygen atoms in total. The predicted molar refractivity (Wildman–Crippen MR) is 120 cm³/mol. The number of pyridine rings is 1. The number of aromatic hydroxyl groups is 2. The van der Waals surface area contributed by atoms with Gasteiger partial charge in [-0.05, 0) is 30.3 Å². The average Bonchev–Trinajstić information content (AvgIpc) is 2.80. The number of hydrogen-bond acceptors (Lipinski definition) is 6. The fourth-order valence-corrected chi connectivity index (χ4v) is 3.40. The Hall–Kier alpha value is -4.26. The smallest absolute Gasteiger partial charge is 0.265 e. The van der Waals surface area contributed by atoms with Gasteiger partial charge in [-0.1, -0.05) is 30.3 Å². The highest BCUT2D eigenvalue weighted by Gasteiger charge is 2.17. The molecule has 0 fully saturated rings. The van der Waals surface area contributed by atoms with Gasteiger partial charge in [-0.25, -0.2) is 4.57 Å². The first kappa shape index (κ1) is 20.0. The highest BCUT2D eigenvalue weighted by atomic mass is 16.5. The highest BCUT2D eigenvalue weighted by Crippen LogP contribution is 2.32. The number of aromatic nitrogens is 1. The maximum Gasteiger partial charge on any atom is 0.265 e. The summed E-state index contributed by atoms with van der Waals surface area (Å²) in [4.78, 5) is 17.5. The first-order chi connectivity index (χ1) is 15.0. The van der Waals surface area contributed by atoms with Crippen LogP contribution < -0.4 is 15.0 Å². The van der Waals surface area contributed by atoms with E-state index in [0.29, 0.717) is 39.2 Å². The number of aliphatic imine (C=N–C) groups is 1. The van der Waals surface area contributed by atoms with E-state index in [1.165, 1.54) is 31.1 Å². The molecule has 0 amide bonds.